The van der Waals surface area contributed by atoms with Crippen LogP contribution in [0.25, 0.3) is 0 Å². The van der Waals surface area contributed by atoms with Crippen LogP contribution in [-0.4, -0.2) is 42.7 Å². The molecule has 0 radical (unpaired) electrons. The highest BCUT2D eigenvalue weighted by Gasteiger charge is 2.29. The Morgan fingerprint density at radius 2 is 2.00 bits per heavy atom. The lowest BCUT2D eigenvalue weighted by Gasteiger charge is -2.38. The predicted molar refractivity (Wildman–Crippen MR) is 78.5 cm³/mol. The van der Waals surface area contributed by atoms with Crippen LogP contribution >= 0.6 is 23.2 Å². The minimum atomic E-state index is -0.0701. The molecule has 1 heterocycles. The lowest BCUT2D eigenvalue weighted by Crippen LogP contribution is -2.53. The molecule has 2 atom stereocenters. The van der Waals surface area contributed by atoms with Crippen LogP contribution in [0.4, 0.5) is 0 Å². The number of carbonyl (C=O) groups is 1. The summed E-state index contributed by atoms with van der Waals surface area (Å²) in [4.78, 5) is 14.0. The fourth-order valence-corrected chi connectivity index (χ4v) is 2.77. The van der Waals surface area contributed by atoms with Crippen LogP contribution < -0.4 is 4.74 Å². The largest absolute Gasteiger partial charge is 0.482 e. The first kappa shape index (κ1) is 15.4. The molecule has 1 aromatic rings. The van der Waals surface area contributed by atoms with Crippen molar-refractivity contribution in [3.8, 4) is 5.75 Å². The zero-order valence-electron chi connectivity index (χ0n) is 11.4. The topological polar surface area (TPSA) is 38.8 Å². The molecule has 110 valence electrons. The third-order valence-corrected chi connectivity index (χ3v) is 3.73. The van der Waals surface area contributed by atoms with Crippen LogP contribution in [0.15, 0.2) is 18.2 Å². The second-order valence-corrected chi connectivity index (χ2v) is 5.74. The van der Waals surface area contributed by atoms with Gasteiger partial charge in [0.1, 0.15) is 5.75 Å². The van der Waals surface area contributed by atoms with E-state index in [1.807, 2.05) is 13.8 Å². The van der Waals surface area contributed by atoms with Gasteiger partial charge in [0.2, 0.25) is 0 Å². The Morgan fingerprint density at radius 1 is 1.35 bits per heavy atom. The molecule has 0 aliphatic carbocycles. The van der Waals surface area contributed by atoms with Crippen molar-refractivity contribution in [3.63, 3.8) is 0 Å². The summed E-state index contributed by atoms with van der Waals surface area (Å²) in [5.41, 5.74) is 0. The van der Waals surface area contributed by atoms with E-state index in [2.05, 4.69) is 0 Å². The first-order valence-electron chi connectivity index (χ1n) is 6.46. The van der Waals surface area contributed by atoms with Crippen LogP contribution in [0.3, 0.4) is 0 Å². The first-order chi connectivity index (χ1) is 9.49. The molecule has 2 unspecified atom stereocenters. The molecule has 1 aliphatic rings. The van der Waals surface area contributed by atoms with Gasteiger partial charge in [-0.05, 0) is 32.0 Å². The maximum absolute atomic E-state index is 12.2. The molecule has 1 amide bonds. The molecule has 6 heteroatoms. The van der Waals surface area contributed by atoms with Gasteiger partial charge < -0.3 is 14.4 Å². The number of carbonyl (C=O) groups excluding carboxylic acids is 1. The minimum Gasteiger partial charge on any atom is -0.482 e. The molecule has 20 heavy (non-hydrogen) atoms. The Balaban J connectivity index is 1.97. The molecule has 0 aromatic heterocycles. The number of rotatable bonds is 3. The van der Waals surface area contributed by atoms with Crippen LogP contribution in [0.2, 0.25) is 10.0 Å². The zero-order chi connectivity index (χ0) is 14.7. The summed E-state index contributed by atoms with van der Waals surface area (Å²) in [5, 5.41) is 0.928. The maximum Gasteiger partial charge on any atom is 0.261 e. The van der Waals surface area contributed by atoms with E-state index >= 15 is 0 Å². The van der Waals surface area contributed by atoms with Crippen molar-refractivity contribution in [1.82, 2.24) is 4.90 Å². The van der Waals surface area contributed by atoms with Gasteiger partial charge in [0, 0.05) is 5.02 Å². The van der Waals surface area contributed by atoms with Gasteiger partial charge >= 0.3 is 0 Å². The molecule has 0 spiro atoms. The number of hydrogen-bond donors (Lipinski definition) is 0. The third-order valence-electron chi connectivity index (χ3n) is 3.20. The van der Waals surface area contributed by atoms with Crippen molar-refractivity contribution in [2.45, 2.75) is 25.9 Å². The zero-order valence-corrected chi connectivity index (χ0v) is 12.9. The van der Waals surface area contributed by atoms with E-state index in [1.165, 1.54) is 0 Å². The van der Waals surface area contributed by atoms with Crippen LogP contribution in [-0.2, 0) is 9.53 Å². The van der Waals surface area contributed by atoms with Crippen molar-refractivity contribution in [2.24, 2.45) is 0 Å². The lowest BCUT2D eigenvalue weighted by atomic mass is 10.2. The van der Waals surface area contributed by atoms with Gasteiger partial charge in [-0.25, -0.2) is 0 Å². The van der Waals surface area contributed by atoms with E-state index in [1.54, 1.807) is 23.1 Å². The third kappa shape index (κ3) is 3.57. The highest BCUT2D eigenvalue weighted by Crippen LogP contribution is 2.27. The molecule has 0 N–H and O–H groups in total. The standard InChI is InChI=1S/C14H17Cl2NO3/c1-9-6-19-7-10(2)17(9)14(18)8-20-13-4-3-11(15)5-12(13)16/h3-5,9-10H,6-8H2,1-2H3. The Hall–Kier alpha value is -0.970. The van der Waals surface area contributed by atoms with Crippen molar-refractivity contribution in [3.05, 3.63) is 28.2 Å². The van der Waals surface area contributed by atoms with E-state index in [4.69, 9.17) is 32.7 Å². The maximum atomic E-state index is 12.2. The first-order valence-corrected chi connectivity index (χ1v) is 7.21. The summed E-state index contributed by atoms with van der Waals surface area (Å²) in [7, 11) is 0. The van der Waals surface area contributed by atoms with Crippen LogP contribution in [0.5, 0.6) is 5.75 Å². The van der Waals surface area contributed by atoms with Crippen molar-refractivity contribution in [1.29, 1.82) is 0 Å². The number of amides is 1. The molecule has 0 bridgehead atoms. The number of benzene rings is 1. The number of halogens is 2. The fraction of sp³-hybridized carbons (Fsp3) is 0.500. The molecule has 1 fully saturated rings. The van der Waals surface area contributed by atoms with Gasteiger partial charge in [0.05, 0.1) is 30.3 Å². The Labute approximate surface area is 128 Å². The summed E-state index contributed by atoms with van der Waals surface area (Å²) >= 11 is 11.8. The van der Waals surface area contributed by atoms with E-state index in [0.717, 1.165) is 0 Å². The Morgan fingerprint density at radius 3 is 2.60 bits per heavy atom. The molecular formula is C14H17Cl2NO3. The molecule has 1 saturated heterocycles. The van der Waals surface area contributed by atoms with Gasteiger partial charge in [-0.15, -0.1) is 0 Å². The number of hydrogen-bond acceptors (Lipinski definition) is 3. The normalized spacial score (nSPS) is 22.7. The quantitative estimate of drug-likeness (QED) is 0.860. The van der Waals surface area contributed by atoms with Gasteiger partial charge in [0.25, 0.3) is 5.91 Å². The van der Waals surface area contributed by atoms with E-state index < -0.39 is 0 Å². The van der Waals surface area contributed by atoms with Crippen LogP contribution in [0, 0.1) is 0 Å². The van der Waals surface area contributed by atoms with Gasteiger partial charge in [-0.2, -0.15) is 0 Å². The molecule has 1 aromatic carbocycles. The number of ether oxygens (including phenoxy) is 2. The average Bonchev–Trinajstić information content (AvgIpc) is 2.37. The Bertz CT molecular complexity index is 485. The monoisotopic (exact) mass is 317 g/mol. The van der Waals surface area contributed by atoms with Crippen LogP contribution in [0.1, 0.15) is 13.8 Å². The average molecular weight is 318 g/mol. The van der Waals surface area contributed by atoms with E-state index in [-0.39, 0.29) is 24.6 Å². The van der Waals surface area contributed by atoms with Gasteiger partial charge in [0.15, 0.2) is 6.61 Å². The Kier molecular flexibility index (Phi) is 5.13. The lowest BCUT2D eigenvalue weighted by molar-refractivity contribution is -0.146. The fourth-order valence-electron chi connectivity index (χ4n) is 2.30. The summed E-state index contributed by atoms with van der Waals surface area (Å²) in [6.07, 6.45) is 0. The second kappa shape index (κ2) is 6.66. The van der Waals surface area contributed by atoms with E-state index in [0.29, 0.717) is 29.0 Å². The minimum absolute atomic E-state index is 0.0456. The van der Waals surface area contributed by atoms with Crippen molar-refractivity contribution < 1.29 is 14.3 Å². The summed E-state index contributed by atoms with van der Waals surface area (Å²) in [6, 6.07) is 5.02. The number of morpholine rings is 1. The molecule has 1 aliphatic heterocycles. The second-order valence-electron chi connectivity index (χ2n) is 4.90. The van der Waals surface area contributed by atoms with Gasteiger partial charge in [-0.1, -0.05) is 23.2 Å². The van der Waals surface area contributed by atoms with Gasteiger partial charge in [-0.3, -0.25) is 4.79 Å². The SMILES string of the molecule is CC1COCC(C)N1C(=O)COc1ccc(Cl)cc1Cl. The molecule has 0 saturated carbocycles. The molecular weight excluding hydrogens is 301 g/mol. The smallest absolute Gasteiger partial charge is 0.261 e. The highest BCUT2D eigenvalue weighted by atomic mass is 35.5. The summed E-state index contributed by atoms with van der Waals surface area (Å²) < 4.78 is 10.9. The molecule has 4 nitrogen and oxygen atoms in total. The summed E-state index contributed by atoms with van der Waals surface area (Å²) in [6.45, 7) is 4.98. The summed E-state index contributed by atoms with van der Waals surface area (Å²) in [5.74, 6) is 0.386. The van der Waals surface area contributed by atoms with E-state index in [9.17, 15) is 4.79 Å². The number of nitrogens with zero attached hydrogens (tertiary/aromatic N) is 1. The van der Waals surface area contributed by atoms with Crippen molar-refractivity contribution in [2.75, 3.05) is 19.8 Å². The van der Waals surface area contributed by atoms with Crippen molar-refractivity contribution >= 4 is 29.1 Å². The molecule has 2 rings (SSSR count). The highest BCUT2D eigenvalue weighted by molar-refractivity contribution is 6.35. The predicted octanol–water partition coefficient (Wildman–Crippen LogP) is 3.01.